The van der Waals surface area contributed by atoms with Crippen LogP contribution in [0.15, 0.2) is 0 Å². The first-order chi connectivity index (χ1) is 9.35. The van der Waals surface area contributed by atoms with Crippen LogP contribution in [0.2, 0.25) is 0 Å². The summed E-state index contributed by atoms with van der Waals surface area (Å²) in [6, 6.07) is 0. The SMILES string of the molecule is Cl.OCCOCCN(CCOCCO)CCOCCO. The average molecular weight is 318 g/mol. The molecule has 0 aliphatic heterocycles. The number of ether oxygens (including phenoxy) is 3. The first kappa shape index (κ1) is 22.3. The summed E-state index contributed by atoms with van der Waals surface area (Å²) in [5, 5.41) is 25.8. The van der Waals surface area contributed by atoms with Crippen molar-refractivity contribution in [2.24, 2.45) is 0 Å². The molecule has 0 bridgehead atoms. The summed E-state index contributed by atoms with van der Waals surface area (Å²) in [5.41, 5.74) is 0. The van der Waals surface area contributed by atoms with Crippen LogP contribution in [0.3, 0.4) is 0 Å². The van der Waals surface area contributed by atoms with E-state index >= 15 is 0 Å². The molecule has 0 aromatic heterocycles. The lowest BCUT2D eigenvalue weighted by Crippen LogP contribution is -2.34. The van der Waals surface area contributed by atoms with Crippen molar-refractivity contribution < 1.29 is 29.5 Å². The summed E-state index contributed by atoms with van der Waals surface area (Å²) >= 11 is 0. The summed E-state index contributed by atoms with van der Waals surface area (Å²) in [6.45, 7) is 4.92. The zero-order valence-electron chi connectivity index (χ0n) is 11.9. The van der Waals surface area contributed by atoms with E-state index in [9.17, 15) is 0 Å². The number of aliphatic hydroxyl groups excluding tert-OH is 3. The topological polar surface area (TPSA) is 91.6 Å². The van der Waals surface area contributed by atoms with Crippen LogP contribution in [0.5, 0.6) is 0 Å². The quantitative estimate of drug-likeness (QED) is 0.325. The summed E-state index contributed by atoms with van der Waals surface area (Å²) < 4.78 is 15.6. The number of halogens is 1. The first-order valence-electron chi connectivity index (χ1n) is 6.63. The van der Waals surface area contributed by atoms with Crippen molar-refractivity contribution in [2.45, 2.75) is 0 Å². The molecule has 0 spiro atoms. The van der Waals surface area contributed by atoms with Crippen LogP contribution in [0, 0.1) is 0 Å². The fourth-order valence-corrected chi connectivity index (χ4v) is 1.42. The van der Waals surface area contributed by atoms with Crippen molar-refractivity contribution >= 4 is 12.4 Å². The Morgan fingerprint density at radius 2 is 0.850 bits per heavy atom. The van der Waals surface area contributed by atoms with Crippen LogP contribution in [0.4, 0.5) is 0 Å². The fraction of sp³-hybridized carbons (Fsp3) is 1.00. The molecule has 0 saturated heterocycles. The van der Waals surface area contributed by atoms with E-state index in [1.807, 2.05) is 0 Å². The second-order valence-corrected chi connectivity index (χ2v) is 3.85. The van der Waals surface area contributed by atoms with Gasteiger partial charge in [0.2, 0.25) is 0 Å². The highest BCUT2D eigenvalue weighted by molar-refractivity contribution is 5.85. The minimum absolute atomic E-state index is 0. The minimum Gasteiger partial charge on any atom is -0.394 e. The van der Waals surface area contributed by atoms with E-state index in [1.165, 1.54) is 0 Å². The van der Waals surface area contributed by atoms with Crippen molar-refractivity contribution in [3.05, 3.63) is 0 Å². The van der Waals surface area contributed by atoms with Gasteiger partial charge in [-0.15, -0.1) is 12.4 Å². The molecule has 8 heteroatoms. The molecule has 20 heavy (non-hydrogen) atoms. The van der Waals surface area contributed by atoms with Crippen molar-refractivity contribution in [2.75, 3.05) is 79.1 Å². The van der Waals surface area contributed by atoms with Crippen molar-refractivity contribution in [1.29, 1.82) is 0 Å². The van der Waals surface area contributed by atoms with Gasteiger partial charge in [-0.2, -0.15) is 0 Å². The average Bonchev–Trinajstić information content (AvgIpc) is 2.43. The zero-order chi connectivity index (χ0) is 14.2. The van der Waals surface area contributed by atoms with Gasteiger partial charge < -0.3 is 29.5 Å². The first-order valence-corrected chi connectivity index (χ1v) is 6.63. The molecule has 0 radical (unpaired) electrons. The number of aliphatic hydroxyl groups is 3. The molecule has 0 amide bonds. The normalized spacial score (nSPS) is 10.8. The van der Waals surface area contributed by atoms with Crippen LogP contribution in [0.1, 0.15) is 0 Å². The lowest BCUT2D eigenvalue weighted by atomic mass is 10.4. The maximum absolute atomic E-state index is 8.61. The van der Waals surface area contributed by atoms with Gasteiger partial charge in [-0.3, -0.25) is 4.90 Å². The molecule has 0 aromatic carbocycles. The molecule has 0 aliphatic carbocycles. The van der Waals surface area contributed by atoms with Gasteiger partial charge in [0.05, 0.1) is 59.5 Å². The maximum atomic E-state index is 8.61. The molecule has 0 heterocycles. The van der Waals surface area contributed by atoms with E-state index in [4.69, 9.17) is 29.5 Å². The van der Waals surface area contributed by atoms with Gasteiger partial charge >= 0.3 is 0 Å². The third-order valence-electron chi connectivity index (χ3n) is 2.36. The zero-order valence-corrected chi connectivity index (χ0v) is 12.7. The molecular weight excluding hydrogens is 290 g/mol. The van der Waals surface area contributed by atoms with E-state index < -0.39 is 0 Å². The lowest BCUT2D eigenvalue weighted by Gasteiger charge is -2.22. The second kappa shape index (κ2) is 19.0. The Bertz CT molecular complexity index is 149. The van der Waals surface area contributed by atoms with Crippen LogP contribution < -0.4 is 0 Å². The standard InChI is InChI=1S/C12H27NO6.ClH/c14-4-10-17-7-1-13(2-8-18-11-5-15)3-9-19-12-6-16;/h14-16H,1-12H2;1H. The van der Waals surface area contributed by atoms with Gasteiger partial charge in [0, 0.05) is 19.6 Å². The fourth-order valence-electron chi connectivity index (χ4n) is 1.42. The predicted octanol–water partition coefficient (Wildman–Crippen LogP) is -1.26. The molecule has 0 saturated carbocycles. The Labute approximate surface area is 126 Å². The number of nitrogens with zero attached hydrogens (tertiary/aromatic N) is 1. The van der Waals surface area contributed by atoms with Gasteiger partial charge in [-0.05, 0) is 0 Å². The summed E-state index contributed by atoms with van der Waals surface area (Å²) in [4.78, 5) is 2.12. The Morgan fingerprint density at radius 3 is 1.10 bits per heavy atom. The summed E-state index contributed by atoms with van der Waals surface area (Å²) in [7, 11) is 0. The number of hydrogen-bond donors (Lipinski definition) is 3. The third-order valence-corrected chi connectivity index (χ3v) is 2.36. The molecule has 0 aromatic rings. The van der Waals surface area contributed by atoms with Crippen LogP contribution >= 0.6 is 12.4 Å². The van der Waals surface area contributed by atoms with Crippen LogP contribution in [-0.4, -0.2) is 99.3 Å². The molecule has 7 nitrogen and oxygen atoms in total. The van der Waals surface area contributed by atoms with E-state index in [-0.39, 0.29) is 32.2 Å². The molecular formula is C12H28ClNO6. The number of rotatable bonds is 15. The van der Waals surface area contributed by atoms with Gasteiger partial charge in [-0.1, -0.05) is 0 Å². The third kappa shape index (κ3) is 16.1. The maximum Gasteiger partial charge on any atom is 0.0698 e. The van der Waals surface area contributed by atoms with E-state index in [1.54, 1.807) is 0 Å². The Hall–Kier alpha value is 0.01000. The Balaban J connectivity index is 0. The lowest BCUT2D eigenvalue weighted by molar-refractivity contribution is 0.0325. The van der Waals surface area contributed by atoms with E-state index in [0.29, 0.717) is 39.6 Å². The molecule has 0 rings (SSSR count). The smallest absolute Gasteiger partial charge is 0.0698 e. The highest BCUT2D eigenvalue weighted by Gasteiger charge is 2.05. The van der Waals surface area contributed by atoms with Gasteiger partial charge in [0.25, 0.3) is 0 Å². The molecule has 0 atom stereocenters. The highest BCUT2D eigenvalue weighted by Crippen LogP contribution is 1.91. The van der Waals surface area contributed by atoms with Crippen molar-refractivity contribution in [3.63, 3.8) is 0 Å². The van der Waals surface area contributed by atoms with E-state index in [0.717, 1.165) is 19.6 Å². The molecule has 3 N–H and O–H groups in total. The second-order valence-electron chi connectivity index (χ2n) is 3.85. The van der Waals surface area contributed by atoms with Crippen LogP contribution in [-0.2, 0) is 14.2 Å². The Morgan fingerprint density at radius 1 is 0.550 bits per heavy atom. The summed E-state index contributed by atoms with van der Waals surface area (Å²) in [5.74, 6) is 0. The van der Waals surface area contributed by atoms with E-state index in [2.05, 4.69) is 4.90 Å². The van der Waals surface area contributed by atoms with Crippen LogP contribution in [0.25, 0.3) is 0 Å². The summed E-state index contributed by atoms with van der Waals surface area (Å²) in [6.07, 6.45) is 0. The van der Waals surface area contributed by atoms with Gasteiger partial charge in [0.1, 0.15) is 0 Å². The molecule has 124 valence electrons. The molecule has 0 aliphatic rings. The van der Waals surface area contributed by atoms with Crippen molar-refractivity contribution in [3.8, 4) is 0 Å². The largest absolute Gasteiger partial charge is 0.394 e. The Kier molecular flexibility index (Phi) is 21.2. The molecule has 0 unspecified atom stereocenters. The number of hydrogen-bond acceptors (Lipinski definition) is 7. The van der Waals surface area contributed by atoms with Crippen molar-refractivity contribution in [1.82, 2.24) is 4.90 Å². The van der Waals surface area contributed by atoms with Gasteiger partial charge in [-0.25, -0.2) is 0 Å². The van der Waals surface area contributed by atoms with Gasteiger partial charge in [0.15, 0.2) is 0 Å². The minimum atomic E-state index is 0. The predicted molar refractivity (Wildman–Crippen MR) is 77.4 cm³/mol. The molecule has 0 fully saturated rings. The highest BCUT2D eigenvalue weighted by atomic mass is 35.5. The monoisotopic (exact) mass is 317 g/mol.